The highest BCUT2D eigenvalue weighted by atomic mass is 32.2. The molecule has 33 heavy (non-hydrogen) atoms. The van der Waals surface area contributed by atoms with E-state index in [9.17, 15) is 8.42 Å². The van der Waals surface area contributed by atoms with Gasteiger partial charge in [-0.1, -0.05) is 90.1 Å². The number of likely N-dealkylation sites (tertiary alicyclic amines) is 1. The van der Waals surface area contributed by atoms with Gasteiger partial charge in [-0.15, -0.1) is 0 Å². The number of benzene rings is 3. The van der Waals surface area contributed by atoms with Crippen molar-refractivity contribution < 1.29 is 12.7 Å². The van der Waals surface area contributed by atoms with Crippen LogP contribution in [0.4, 0.5) is 0 Å². The molecule has 1 spiro atoms. The fraction of sp³-hybridized carbons (Fsp3) is 0.296. The number of oxime groups is 1. The van der Waals surface area contributed by atoms with Crippen molar-refractivity contribution in [2.75, 3.05) is 13.1 Å². The van der Waals surface area contributed by atoms with Crippen LogP contribution in [0.3, 0.4) is 0 Å². The van der Waals surface area contributed by atoms with Gasteiger partial charge in [0.25, 0.3) is 0 Å². The van der Waals surface area contributed by atoms with Crippen LogP contribution in [0.25, 0.3) is 0 Å². The topological polar surface area (TPSA) is 59.0 Å². The third-order valence-electron chi connectivity index (χ3n) is 6.82. The van der Waals surface area contributed by atoms with Gasteiger partial charge in [0, 0.05) is 23.9 Å². The number of fused-ring (bicyclic) bond motifs is 2. The Balaban J connectivity index is 1.31. The molecule has 0 saturated carbocycles. The molecule has 0 N–H and O–H groups in total. The van der Waals surface area contributed by atoms with Crippen molar-refractivity contribution in [1.29, 1.82) is 0 Å². The van der Waals surface area contributed by atoms with E-state index in [0.717, 1.165) is 43.8 Å². The summed E-state index contributed by atoms with van der Waals surface area (Å²) < 4.78 is 30.2. The van der Waals surface area contributed by atoms with Crippen LogP contribution in [0.1, 0.15) is 41.5 Å². The molecule has 0 unspecified atom stereocenters. The summed E-state index contributed by atoms with van der Waals surface area (Å²) in [5.41, 5.74) is 5.04. The van der Waals surface area contributed by atoms with Crippen molar-refractivity contribution in [3.63, 3.8) is 0 Å². The lowest BCUT2D eigenvalue weighted by Gasteiger charge is -2.40. The van der Waals surface area contributed by atoms with Gasteiger partial charge in [0.2, 0.25) is 0 Å². The number of piperidine rings is 1. The van der Waals surface area contributed by atoms with Crippen LogP contribution in [0.5, 0.6) is 0 Å². The lowest BCUT2D eigenvalue weighted by Crippen LogP contribution is -2.41. The summed E-state index contributed by atoms with van der Waals surface area (Å²) >= 11 is 0. The van der Waals surface area contributed by atoms with E-state index in [1.165, 1.54) is 11.1 Å². The average Bonchev–Trinajstić information content (AvgIpc) is 3.14. The third kappa shape index (κ3) is 4.87. The monoisotopic (exact) mass is 460 g/mol. The quantitative estimate of drug-likeness (QED) is 0.492. The van der Waals surface area contributed by atoms with E-state index in [2.05, 4.69) is 46.5 Å². The lowest BCUT2D eigenvalue weighted by molar-refractivity contribution is 0.158. The van der Waals surface area contributed by atoms with E-state index in [0.29, 0.717) is 12.0 Å². The Morgan fingerprint density at radius 1 is 0.818 bits per heavy atom. The van der Waals surface area contributed by atoms with Gasteiger partial charge in [-0.05, 0) is 42.6 Å². The van der Waals surface area contributed by atoms with Gasteiger partial charge in [-0.25, -0.2) is 0 Å². The van der Waals surface area contributed by atoms with Crippen molar-refractivity contribution in [2.24, 2.45) is 5.16 Å². The standard InChI is InChI=1S/C27H28N2O3S/c30-33(31,21-23-11-5-2-6-12-23)32-28-26-19-27(25-14-8-7-13-24(25)26)15-17-29(18-16-27)20-22-9-3-1-4-10-22/h1-14H,15-21H2/b28-26-. The van der Waals surface area contributed by atoms with Crippen molar-refractivity contribution in [2.45, 2.75) is 37.0 Å². The fourth-order valence-corrected chi connectivity index (χ4v) is 5.98. The highest BCUT2D eigenvalue weighted by molar-refractivity contribution is 7.85. The molecule has 3 aromatic rings. The molecule has 0 atom stereocenters. The molecule has 3 aromatic carbocycles. The van der Waals surface area contributed by atoms with E-state index < -0.39 is 10.1 Å². The van der Waals surface area contributed by atoms with Gasteiger partial charge < -0.3 is 0 Å². The van der Waals surface area contributed by atoms with Crippen LogP contribution < -0.4 is 0 Å². The molecule has 2 aliphatic rings. The first-order chi connectivity index (χ1) is 16.0. The summed E-state index contributed by atoms with van der Waals surface area (Å²) in [6.45, 7) is 2.97. The molecule has 6 heteroatoms. The molecule has 1 saturated heterocycles. The third-order valence-corrected chi connectivity index (χ3v) is 7.81. The Bertz CT molecular complexity index is 1230. The first kappa shape index (κ1) is 21.9. The smallest absolute Gasteiger partial charge is 0.299 e. The van der Waals surface area contributed by atoms with Crippen LogP contribution in [0, 0.1) is 0 Å². The molecule has 5 rings (SSSR count). The summed E-state index contributed by atoms with van der Waals surface area (Å²) in [5.74, 6) is -0.189. The minimum absolute atomic E-state index is 0.00480. The van der Waals surface area contributed by atoms with Crippen LogP contribution in [-0.4, -0.2) is 32.1 Å². The SMILES string of the molecule is O=S(=O)(Cc1ccccc1)O/N=C1/CC2(CCN(Cc3ccccc3)CC2)c2ccccc21. The minimum Gasteiger partial charge on any atom is -0.299 e. The minimum atomic E-state index is -3.81. The molecule has 1 heterocycles. The second-order valence-corrected chi connectivity index (χ2v) is 10.6. The maximum atomic E-state index is 12.5. The number of hydrogen-bond donors (Lipinski definition) is 0. The summed E-state index contributed by atoms with van der Waals surface area (Å²) in [6, 6.07) is 27.9. The van der Waals surface area contributed by atoms with Crippen LogP contribution in [-0.2, 0) is 32.1 Å². The zero-order valence-corrected chi connectivity index (χ0v) is 19.4. The van der Waals surface area contributed by atoms with Gasteiger partial charge in [0.15, 0.2) is 0 Å². The van der Waals surface area contributed by atoms with E-state index in [1.807, 2.05) is 36.4 Å². The first-order valence-electron chi connectivity index (χ1n) is 11.4. The Hall–Kier alpha value is -2.96. The van der Waals surface area contributed by atoms with Crippen molar-refractivity contribution in [1.82, 2.24) is 4.90 Å². The molecular formula is C27H28N2O3S. The van der Waals surface area contributed by atoms with E-state index in [-0.39, 0.29) is 11.2 Å². The summed E-state index contributed by atoms with van der Waals surface area (Å²) in [7, 11) is -3.81. The van der Waals surface area contributed by atoms with E-state index in [4.69, 9.17) is 4.28 Å². The maximum absolute atomic E-state index is 12.5. The van der Waals surface area contributed by atoms with Crippen LogP contribution in [0.2, 0.25) is 0 Å². The second kappa shape index (κ2) is 9.12. The lowest BCUT2D eigenvalue weighted by atomic mass is 9.73. The van der Waals surface area contributed by atoms with Gasteiger partial charge >= 0.3 is 10.1 Å². The molecule has 1 aliphatic heterocycles. The van der Waals surface area contributed by atoms with Crippen molar-refractivity contribution >= 4 is 15.8 Å². The molecule has 1 fully saturated rings. The molecule has 0 radical (unpaired) electrons. The highest BCUT2D eigenvalue weighted by Gasteiger charge is 2.44. The van der Waals surface area contributed by atoms with Gasteiger partial charge in [0.05, 0.1) is 5.71 Å². The van der Waals surface area contributed by atoms with E-state index in [1.54, 1.807) is 12.1 Å². The molecule has 170 valence electrons. The summed E-state index contributed by atoms with van der Waals surface area (Å²) in [5, 5.41) is 4.18. The fourth-order valence-electron chi connectivity index (χ4n) is 5.12. The first-order valence-corrected chi connectivity index (χ1v) is 13.0. The Labute approximate surface area is 195 Å². The molecule has 0 amide bonds. The highest BCUT2D eigenvalue weighted by Crippen LogP contribution is 2.46. The largest absolute Gasteiger partial charge is 0.332 e. The Morgan fingerprint density at radius 3 is 2.12 bits per heavy atom. The zero-order valence-electron chi connectivity index (χ0n) is 18.6. The molecule has 1 aliphatic carbocycles. The van der Waals surface area contributed by atoms with Crippen LogP contribution in [0.15, 0.2) is 90.1 Å². The van der Waals surface area contributed by atoms with Gasteiger partial charge in [-0.3, -0.25) is 9.18 Å². The Morgan fingerprint density at radius 2 is 1.42 bits per heavy atom. The zero-order chi connectivity index (χ0) is 22.7. The average molecular weight is 461 g/mol. The molecular weight excluding hydrogens is 432 g/mol. The number of nitrogens with zero attached hydrogens (tertiary/aromatic N) is 2. The van der Waals surface area contributed by atoms with Gasteiger partial charge in [0.1, 0.15) is 5.75 Å². The maximum Gasteiger partial charge on any atom is 0.332 e. The molecule has 0 aromatic heterocycles. The molecule has 5 nitrogen and oxygen atoms in total. The van der Waals surface area contributed by atoms with Crippen molar-refractivity contribution in [3.05, 3.63) is 107 Å². The van der Waals surface area contributed by atoms with Crippen LogP contribution >= 0.6 is 0 Å². The van der Waals surface area contributed by atoms with Gasteiger partial charge in [-0.2, -0.15) is 8.42 Å². The summed E-state index contributed by atoms with van der Waals surface area (Å²) in [6.07, 6.45) is 2.76. The number of hydrogen-bond acceptors (Lipinski definition) is 5. The summed E-state index contributed by atoms with van der Waals surface area (Å²) in [4.78, 5) is 2.50. The molecule has 0 bridgehead atoms. The van der Waals surface area contributed by atoms with E-state index >= 15 is 0 Å². The Kier molecular flexibility index (Phi) is 6.04. The normalized spacial score (nSPS) is 19.0. The predicted molar refractivity (Wildman–Crippen MR) is 130 cm³/mol. The number of rotatable bonds is 6. The van der Waals surface area contributed by atoms with Crippen molar-refractivity contribution in [3.8, 4) is 0 Å². The second-order valence-electron chi connectivity index (χ2n) is 9.06. The predicted octanol–water partition coefficient (Wildman–Crippen LogP) is 4.87.